The second kappa shape index (κ2) is 6.63. The second-order valence-electron chi connectivity index (χ2n) is 6.49. The van der Waals surface area contributed by atoms with Crippen LogP contribution in [0.1, 0.15) is 38.1 Å². The third kappa shape index (κ3) is 2.99. The quantitative estimate of drug-likeness (QED) is 0.754. The average molecular weight is 337 g/mol. The van der Waals surface area contributed by atoms with E-state index < -0.39 is 0 Å². The lowest BCUT2D eigenvalue weighted by Crippen LogP contribution is -2.42. The molecular formula is C19H23N5O. The number of carbonyl (C=O) groups excluding carboxylic acids is 1. The molecule has 1 atom stereocenters. The average Bonchev–Trinajstić information content (AvgIpc) is 3.30. The Hall–Kier alpha value is -2.76. The Bertz CT molecular complexity index is 881. The summed E-state index contributed by atoms with van der Waals surface area (Å²) in [5.41, 5.74) is 1.83. The molecule has 2 aromatic heterocycles. The summed E-state index contributed by atoms with van der Waals surface area (Å²) < 4.78 is 2.13. The number of hydrogen-bond donors (Lipinski definition) is 2. The fourth-order valence-corrected chi connectivity index (χ4v) is 3.65. The molecule has 3 aromatic rings. The largest absolute Gasteiger partial charge is 0.361 e. The van der Waals surface area contributed by atoms with E-state index in [1.54, 1.807) is 0 Å². The summed E-state index contributed by atoms with van der Waals surface area (Å²) >= 11 is 0. The molecule has 0 bridgehead atoms. The lowest BCUT2D eigenvalue weighted by molar-refractivity contribution is 0.157. The van der Waals surface area contributed by atoms with E-state index in [1.807, 2.05) is 47.8 Å². The zero-order valence-electron chi connectivity index (χ0n) is 14.4. The highest BCUT2D eigenvalue weighted by atomic mass is 16.2. The zero-order valence-corrected chi connectivity index (χ0v) is 14.4. The van der Waals surface area contributed by atoms with Crippen molar-refractivity contribution in [3.8, 4) is 0 Å². The van der Waals surface area contributed by atoms with Gasteiger partial charge in [0.15, 0.2) is 0 Å². The molecule has 130 valence electrons. The minimum atomic E-state index is -0.0544. The third-order valence-corrected chi connectivity index (χ3v) is 4.96. The molecule has 6 nitrogen and oxygen atoms in total. The fourth-order valence-electron chi connectivity index (χ4n) is 3.65. The molecule has 0 spiro atoms. The highest BCUT2D eigenvalue weighted by Gasteiger charge is 2.30. The summed E-state index contributed by atoms with van der Waals surface area (Å²) in [6.07, 6.45) is 8.83. The minimum Gasteiger partial charge on any atom is -0.361 e. The SMILES string of the molecule is CCn1ccnc1C1CCCCN1C(=O)Nc1ccc2cc[nH]c2c1. The highest BCUT2D eigenvalue weighted by molar-refractivity contribution is 5.92. The molecule has 1 aliphatic rings. The van der Waals surface area contributed by atoms with Gasteiger partial charge in [0.25, 0.3) is 0 Å². The Kier molecular flexibility index (Phi) is 4.17. The summed E-state index contributed by atoms with van der Waals surface area (Å²) in [6, 6.07) is 7.93. The van der Waals surface area contributed by atoms with Crippen LogP contribution in [0.2, 0.25) is 0 Å². The van der Waals surface area contributed by atoms with Crippen LogP contribution in [0.15, 0.2) is 42.9 Å². The summed E-state index contributed by atoms with van der Waals surface area (Å²) in [6.45, 7) is 3.73. The van der Waals surface area contributed by atoms with Crippen molar-refractivity contribution in [2.24, 2.45) is 0 Å². The minimum absolute atomic E-state index is 0.0397. The van der Waals surface area contributed by atoms with Gasteiger partial charge in [-0.05, 0) is 49.8 Å². The monoisotopic (exact) mass is 337 g/mol. The van der Waals surface area contributed by atoms with E-state index in [4.69, 9.17) is 0 Å². The van der Waals surface area contributed by atoms with Gasteiger partial charge in [-0.2, -0.15) is 0 Å². The number of aromatic amines is 1. The first kappa shape index (κ1) is 15.7. The van der Waals surface area contributed by atoms with Crippen LogP contribution in [0.5, 0.6) is 0 Å². The van der Waals surface area contributed by atoms with E-state index in [0.29, 0.717) is 0 Å². The number of imidazole rings is 1. The summed E-state index contributed by atoms with van der Waals surface area (Å²) in [4.78, 5) is 22.5. The number of H-pyrrole nitrogens is 1. The Morgan fingerprint density at radius 3 is 3.16 bits per heavy atom. The molecule has 0 aliphatic carbocycles. The molecule has 1 fully saturated rings. The Morgan fingerprint density at radius 2 is 2.28 bits per heavy atom. The number of rotatable bonds is 3. The van der Waals surface area contributed by atoms with E-state index in [9.17, 15) is 4.79 Å². The van der Waals surface area contributed by atoms with Crippen LogP contribution >= 0.6 is 0 Å². The summed E-state index contributed by atoms with van der Waals surface area (Å²) in [5, 5.41) is 4.19. The standard InChI is InChI=1S/C19H23N5O/c1-2-23-12-10-21-18(23)17-5-3-4-11-24(17)19(25)22-15-7-6-14-8-9-20-16(14)13-15/h6-10,12-13,17,20H,2-5,11H2,1H3,(H,22,25). The Morgan fingerprint density at radius 1 is 1.36 bits per heavy atom. The van der Waals surface area contributed by atoms with Crippen molar-refractivity contribution in [1.29, 1.82) is 0 Å². The lowest BCUT2D eigenvalue weighted by Gasteiger charge is -2.35. The number of likely N-dealkylation sites (tertiary alicyclic amines) is 1. The van der Waals surface area contributed by atoms with Gasteiger partial charge in [0, 0.05) is 42.9 Å². The van der Waals surface area contributed by atoms with Crippen LogP contribution in [0.3, 0.4) is 0 Å². The molecule has 6 heteroatoms. The molecule has 1 unspecified atom stereocenters. The number of aryl methyl sites for hydroxylation is 1. The van der Waals surface area contributed by atoms with Gasteiger partial charge in [-0.15, -0.1) is 0 Å². The number of hydrogen-bond acceptors (Lipinski definition) is 2. The topological polar surface area (TPSA) is 66.0 Å². The lowest BCUT2D eigenvalue weighted by atomic mass is 10.0. The number of anilines is 1. The predicted molar refractivity (Wildman–Crippen MR) is 98.5 cm³/mol. The van der Waals surface area contributed by atoms with Crippen molar-refractivity contribution < 1.29 is 4.79 Å². The van der Waals surface area contributed by atoms with Crippen LogP contribution in [-0.2, 0) is 6.54 Å². The van der Waals surface area contributed by atoms with E-state index in [2.05, 4.69) is 26.8 Å². The molecule has 25 heavy (non-hydrogen) atoms. The number of fused-ring (bicyclic) bond motifs is 1. The number of nitrogens with one attached hydrogen (secondary N) is 2. The van der Waals surface area contributed by atoms with E-state index in [1.165, 1.54) is 0 Å². The van der Waals surface area contributed by atoms with Crippen LogP contribution in [0, 0.1) is 0 Å². The van der Waals surface area contributed by atoms with Crippen LogP contribution in [-0.4, -0.2) is 32.0 Å². The van der Waals surface area contributed by atoms with E-state index >= 15 is 0 Å². The predicted octanol–water partition coefficient (Wildman–Crippen LogP) is 4.14. The molecular weight excluding hydrogens is 314 g/mol. The number of carbonyl (C=O) groups is 1. The molecule has 0 radical (unpaired) electrons. The molecule has 2 N–H and O–H groups in total. The van der Waals surface area contributed by atoms with Crippen LogP contribution in [0.4, 0.5) is 10.5 Å². The smallest absolute Gasteiger partial charge is 0.322 e. The molecule has 2 amide bonds. The van der Waals surface area contributed by atoms with Crippen LogP contribution in [0.25, 0.3) is 10.9 Å². The van der Waals surface area contributed by atoms with Crippen molar-refractivity contribution in [3.63, 3.8) is 0 Å². The normalized spacial score (nSPS) is 17.8. The van der Waals surface area contributed by atoms with Gasteiger partial charge in [-0.25, -0.2) is 9.78 Å². The molecule has 0 saturated carbocycles. The highest BCUT2D eigenvalue weighted by Crippen LogP contribution is 2.30. The molecule has 1 aliphatic heterocycles. The number of aromatic nitrogens is 3. The maximum Gasteiger partial charge on any atom is 0.322 e. The zero-order chi connectivity index (χ0) is 17.2. The molecule has 1 aromatic carbocycles. The first-order valence-electron chi connectivity index (χ1n) is 8.92. The molecule has 3 heterocycles. The summed E-state index contributed by atoms with van der Waals surface area (Å²) in [7, 11) is 0. The van der Waals surface area contributed by atoms with Gasteiger partial charge in [0.2, 0.25) is 0 Å². The van der Waals surface area contributed by atoms with Crippen molar-refractivity contribution in [3.05, 3.63) is 48.7 Å². The maximum absolute atomic E-state index is 12.9. The Balaban J connectivity index is 1.56. The number of benzene rings is 1. The Labute approximate surface area is 146 Å². The first-order chi connectivity index (χ1) is 12.3. The van der Waals surface area contributed by atoms with Crippen molar-refractivity contribution >= 4 is 22.6 Å². The van der Waals surface area contributed by atoms with Gasteiger partial charge < -0.3 is 19.8 Å². The number of piperidine rings is 1. The van der Waals surface area contributed by atoms with E-state index in [-0.39, 0.29) is 12.1 Å². The van der Waals surface area contributed by atoms with Gasteiger partial charge in [-0.1, -0.05) is 6.07 Å². The van der Waals surface area contributed by atoms with Gasteiger partial charge in [0.05, 0.1) is 6.04 Å². The molecule has 4 rings (SSSR count). The van der Waals surface area contributed by atoms with Gasteiger partial charge >= 0.3 is 6.03 Å². The third-order valence-electron chi connectivity index (χ3n) is 4.96. The second-order valence-corrected chi connectivity index (χ2v) is 6.49. The van der Waals surface area contributed by atoms with Crippen molar-refractivity contribution in [1.82, 2.24) is 19.4 Å². The number of nitrogens with zero attached hydrogens (tertiary/aromatic N) is 3. The van der Waals surface area contributed by atoms with E-state index in [0.717, 1.165) is 54.8 Å². The molecule has 1 saturated heterocycles. The van der Waals surface area contributed by atoms with Crippen molar-refractivity contribution in [2.45, 2.75) is 38.8 Å². The van der Waals surface area contributed by atoms with Gasteiger partial charge in [0.1, 0.15) is 5.82 Å². The van der Waals surface area contributed by atoms with Crippen molar-refractivity contribution in [2.75, 3.05) is 11.9 Å². The number of amides is 2. The number of urea groups is 1. The fraction of sp³-hybridized carbons (Fsp3) is 0.368. The first-order valence-corrected chi connectivity index (χ1v) is 8.92. The maximum atomic E-state index is 12.9. The summed E-state index contributed by atoms with van der Waals surface area (Å²) in [5.74, 6) is 0.983. The van der Waals surface area contributed by atoms with Crippen LogP contribution < -0.4 is 5.32 Å². The van der Waals surface area contributed by atoms with Gasteiger partial charge in [-0.3, -0.25) is 0 Å².